The predicted octanol–water partition coefficient (Wildman–Crippen LogP) is 1.98. The van der Waals surface area contributed by atoms with Crippen LogP contribution in [0.4, 0.5) is 0 Å². The number of benzene rings is 1. The van der Waals surface area contributed by atoms with Crippen LogP contribution in [0.2, 0.25) is 0 Å². The Morgan fingerprint density at radius 3 is 2.44 bits per heavy atom. The number of rotatable bonds is 4. The van der Waals surface area contributed by atoms with Gasteiger partial charge in [0.05, 0.1) is 42.5 Å². The molecule has 8 heteroatoms. The highest BCUT2D eigenvalue weighted by atomic mass is 16.5. The van der Waals surface area contributed by atoms with Crippen LogP contribution in [-0.4, -0.2) is 75.3 Å². The Bertz CT molecular complexity index is 1030. The Balaban J connectivity index is 1.50. The largest absolute Gasteiger partial charge is 0.508 e. The van der Waals surface area contributed by atoms with Gasteiger partial charge in [0, 0.05) is 25.2 Å². The second kappa shape index (κ2) is 9.05. The average molecular weight is 437 g/mol. The van der Waals surface area contributed by atoms with Gasteiger partial charge in [-0.1, -0.05) is 18.1 Å². The number of phenols is 1. The van der Waals surface area contributed by atoms with E-state index in [1.54, 1.807) is 31.2 Å². The van der Waals surface area contributed by atoms with E-state index in [1.807, 2.05) is 23.6 Å². The van der Waals surface area contributed by atoms with Crippen molar-refractivity contribution in [2.45, 2.75) is 45.2 Å². The molecule has 2 bridgehead atoms. The van der Waals surface area contributed by atoms with E-state index in [2.05, 4.69) is 22.0 Å². The number of piperazine rings is 1. The minimum Gasteiger partial charge on any atom is -0.508 e. The van der Waals surface area contributed by atoms with Gasteiger partial charge in [-0.05, 0) is 38.5 Å². The number of aromatic hydroxyl groups is 1. The zero-order valence-corrected chi connectivity index (χ0v) is 18.6. The molecule has 2 saturated heterocycles. The molecule has 2 N–H and O–H groups in total. The molecule has 3 atom stereocenters. The zero-order valence-electron chi connectivity index (χ0n) is 18.6. The maximum Gasteiger partial charge on any atom is 0.257 e. The highest BCUT2D eigenvalue weighted by molar-refractivity contribution is 5.96. The number of amides is 2. The summed E-state index contributed by atoms with van der Waals surface area (Å²) in [5.74, 6) is 5.91. The Labute approximate surface area is 187 Å². The van der Waals surface area contributed by atoms with Gasteiger partial charge in [0.25, 0.3) is 5.91 Å². The van der Waals surface area contributed by atoms with Crippen LogP contribution in [0.1, 0.15) is 46.6 Å². The molecule has 2 aliphatic heterocycles. The van der Waals surface area contributed by atoms with Gasteiger partial charge < -0.3 is 19.6 Å². The van der Waals surface area contributed by atoms with Crippen molar-refractivity contribution in [3.63, 3.8) is 0 Å². The van der Waals surface area contributed by atoms with E-state index >= 15 is 0 Å². The number of hydrogen-bond acceptors (Lipinski definition) is 5. The van der Waals surface area contributed by atoms with Crippen molar-refractivity contribution in [1.29, 1.82) is 0 Å². The fourth-order valence-electron chi connectivity index (χ4n) is 4.67. The number of aromatic amines is 1. The predicted molar refractivity (Wildman–Crippen MR) is 118 cm³/mol. The molecule has 2 aliphatic rings. The fourth-order valence-corrected chi connectivity index (χ4v) is 4.67. The molecule has 2 aromatic rings. The van der Waals surface area contributed by atoms with E-state index in [4.69, 9.17) is 4.74 Å². The molecule has 3 unspecified atom stereocenters. The number of phenolic OH excluding ortho intramolecular Hbond substituents is 1. The van der Waals surface area contributed by atoms with Crippen molar-refractivity contribution in [2.24, 2.45) is 0 Å². The third kappa shape index (κ3) is 4.21. The van der Waals surface area contributed by atoms with Crippen LogP contribution >= 0.6 is 0 Å². The zero-order chi connectivity index (χ0) is 22.8. The quantitative estimate of drug-likeness (QED) is 0.714. The number of nitrogens with zero attached hydrogens (tertiary/aromatic N) is 3. The molecular weight excluding hydrogens is 408 g/mol. The number of carbonyl (C=O) groups excluding carboxylic acids is 2. The van der Waals surface area contributed by atoms with Crippen LogP contribution in [0.25, 0.3) is 0 Å². The van der Waals surface area contributed by atoms with Crippen LogP contribution in [0, 0.1) is 25.7 Å². The monoisotopic (exact) mass is 436 g/mol. The molecule has 3 heterocycles. The molecule has 8 nitrogen and oxygen atoms in total. The molecule has 0 radical (unpaired) electrons. The summed E-state index contributed by atoms with van der Waals surface area (Å²) in [6.07, 6.45) is 0.243. The number of aromatic nitrogens is 2. The third-order valence-corrected chi connectivity index (χ3v) is 6.18. The molecule has 1 aromatic heterocycles. The average Bonchev–Trinajstić information content (AvgIpc) is 3.10. The van der Waals surface area contributed by atoms with Crippen LogP contribution in [0.5, 0.6) is 5.75 Å². The lowest BCUT2D eigenvalue weighted by Crippen LogP contribution is -2.67. The normalized spacial score (nSPS) is 21.0. The van der Waals surface area contributed by atoms with E-state index < -0.39 is 0 Å². The molecule has 1 aromatic carbocycles. The lowest BCUT2D eigenvalue weighted by atomic mass is 9.93. The summed E-state index contributed by atoms with van der Waals surface area (Å²) < 4.78 is 5.73. The van der Waals surface area contributed by atoms with E-state index in [0.717, 1.165) is 11.3 Å². The summed E-state index contributed by atoms with van der Waals surface area (Å²) in [4.78, 5) is 30.3. The van der Waals surface area contributed by atoms with Gasteiger partial charge in [0.15, 0.2) is 0 Å². The minimum absolute atomic E-state index is 0.00639. The number of nitrogens with one attached hydrogen (secondary N) is 1. The molecule has 4 rings (SSSR count). The van der Waals surface area contributed by atoms with Crippen LogP contribution < -0.4 is 0 Å². The summed E-state index contributed by atoms with van der Waals surface area (Å²) in [5.41, 5.74) is 2.94. The highest BCUT2D eigenvalue weighted by Crippen LogP contribution is 2.28. The van der Waals surface area contributed by atoms with Crippen LogP contribution in [0.3, 0.4) is 0 Å². The summed E-state index contributed by atoms with van der Waals surface area (Å²) in [6, 6.07) is 6.43. The van der Waals surface area contributed by atoms with Gasteiger partial charge in [0.2, 0.25) is 5.91 Å². The van der Waals surface area contributed by atoms with Gasteiger partial charge >= 0.3 is 0 Å². The van der Waals surface area contributed by atoms with Crippen molar-refractivity contribution in [3.05, 3.63) is 46.8 Å². The molecule has 0 spiro atoms. The smallest absolute Gasteiger partial charge is 0.257 e. The van der Waals surface area contributed by atoms with E-state index in [1.165, 1.54) is 0 Å². The number of morpholine rings is 1. The summed E-state index contributed by atoms with van der Waals surface area (Å²) in [6.45, 7) is 7.07. The van der Waals surface area contributed by atoms with Gasteiger partial charge in [-0.25, -0.2) is 0 Å². The first-order valence-corrected chi connectivity index (χ1v) is 10.8. The van der Waals surface area contributed by atoms with Crippen molar-refractivity contribution in [2.75, 3.05) is 26.3 Å². The summed E-state index contributed by atoms with van der Waals surface area (Å²) in [7, 11) is 0. The van der Waals surface area contributed by atoms with Gasteiger partial charge in [-0.15, -0.1) is 5.92 Å². The molecule has 2 amide bonds. The van der Waals surface area contributed by atoms with Crippen molar-refractivity contribution >= 4 is 11.8 Å². The lowest BCUT2D eigenvalue weighted by molar-refractivity contribution is -0.153. The Kier molecular flexibility index (Phi) is 6.19. The fraction of sp³-hybridized carbons (Fsp3) is 0.458. The van der Waals surface area contributed by atoms with E-state index in [0.29, 0.717) is 37.6 Å². The topological polar surface area (TPSA) is 98.8 Å². The number of hydrogen-bond donors (Lipinski definition) is 2. The minimum atomic E-state index is -0.259. The number of ether oxygens (including phenoxy) is 1. The maximum atomic E-state index is 13.4. The Morgan fingerprint density at radius 1 is 1.22 bits per heavy atom. The van der Waals surface area contributed by atoms with E-state index in [-0.39, 0.29) is 42.0 Å². The maximum absolute atomic E-state index is 13.4. The number of aryl methyl sites for hydroxylation is 2. The van der Waals surface area contributed by atoms with Crippen molar-refractivity contribution in [3.8, 4) is 17.6 Å². The third-order valence-electron chi connectivity index (χ3n) is 6.18. The Morgan fingerprint density at radius 2 is 1.88 bits per heavy atom. The van der Waals surface area contributed by atoms with Gasteiger partial charge in [0.1, 0.15) is 5.75 Å². The first-order chi connectivity index (χ1) is 15.4. The summed E-state index contributed by atoms with van der Waals surface area (Å²) in [5, 5.41) is 16.6. The van der Waals surface area contributed by atoms with Gasteiger partial charge in [-0.2, -0.15) is 5.10 Å². The molecule has 2 fully saturated rings. The van der Waals surface area contributed by atoms with E-state index in [9.17, 15) is 14.7 Å². The SMILES string of the molecule is CC#CC(CC(=O)N1C2COCC1CN(C(=O)c1c(C)n[nH]c1C)C2)c1ccc(O)cc1. The lowest BCUT2D eigenvalue weighted by Gasteiger charge is -2.49. The first-order valence-electron chi connectivity index (χ1n) is 10.8. The number of carbonyl (C=O) groups is 2. The highest BCUT2D eigenvalue weighted by Gasteiger charge is 2.43. The molecule has 168 valence electrons. The number of fused-ring (bicyclic) bond motifs is 2. The summed E-state index contributed by atoms with van der Waals surface area (Å²) >= 11 is 0. The molecule has 0 saturated carbocycles. The molecular formula is C24H28N4O4. The Hall–Kier alpha value is -3.31. The standard InChI is InChI=1S/C24H28N4O4/c1-4-5-18(17-6-8-21(29)9-7-17)10-22(30)28-19-11-27(12-20(28)14-32-13-19)24(31)23-15(2)25-26-16(23)3/h6-9,18-20,29H,10-14H2,1-3H3,(H,25,26). The van der Waals surface area contributed by atoms with Crippen LogP contribution in [-0.2, 0) is 9.53 Å². The second-order valence-corrected chi connectivity index (χ2v) is 8.41. The van der Waals surface area contributed by atoms with Crippen molar-refractivity contribution in [1.82, 2.24) is 20.0 Å². The van der Waals surface area contributed by atoms with Crippen LogP contribution in [0.15, 0.2) is 24.3 Å². The number of H-pyrrole nitrogens is 1. The van der Waals surface area contributed by atoms with Gasteiger partial charge in [-0.3, -0.25) is 14.7 Å². The second-order valence-electron chi connectivity index (χ2n) is 8.41. The first kappa shape index (κ1) is 21.9. The van der Waals surface area contributed by atoms with Crippen molar-refractivity contribution < 1.29 is 19.4 Å². The molecule has 32 heavy (non-hydrogen) atoms. The molecule has 0 aliphatic carbocycles.